The van der Waals surface area contributed by atoms with Crippen molar-refractivity contribution >= 4 is 17.9 Å². The summed E-state index contributed by atoms with van der Waals surface area (Å²) in [4.78, 5) is 38.1. The van der Waals surface area contributed by atoms with Gasteiger partial charge in [0.1, 0.15) is 13.2 Å². The van der Waals surface area contributed by atoms with E-state index in [1.54, 1.807) is 0 Å². The van der Waals surface area contributed by atoms with Crippen molar-refractivity contribution in [2.24, 2.45) is 0 Å². The molecule has 6 nitrogen and oxygen atoms in total. The number of carbonyl (C=O) groups is 3. The highest BCUT2D eigenvalue weighted by Gasteiger charge is 2.19. The van der Waals surface area contributed by atoms with Gasteiger partial charge in [0, 0.05) is 19.3 Å². The molecule has 0 aliphatic rings. The van der Waals surface area contributed by atoms with Crippen LogP contribution in [0.2, 0.25) is 0 Å². The largest absolute Gasteiger partial charge is 0.462 e. The van der Waals surface area contributed by atoms with Crippen LogP contribution in [0.25, 0.3) is 0 Å². The van der Waals surface area contributed by atoms with E-state index in [1.165, 1.54) is 205 Å². The maximum Gasteiger partial charge on any atom is 0.306 e. The molecule has 0 radical (unpaired) electrons. The minimum absolute atomic E-state index is 0.0714. The summed E-state index contributed by atoms with van der Waals surface area (Å²) in [7, 11) is 0. The van der Waals surface area contributed by atoms with Gasteiger partial charge in [0.15, 0.2) is 6.10 Å². The van der Waals surface area contributed by atoms with E-state index in [0.29, 0.717) is 19.3 Å². The third-order valence-electron chi connectivity index (χ3n) is 12.7. The lowest BCUT2D eigenvalue weighted by atomic mass is 10.0. The van der Waals surface area contributed by atoms with Gasteiger partial charge in [-0.25, -0.2) is 0 Å². The molecule has 0 rings (SSSR count). The Kier molecular flexibility index (Phi) is 51.7. The van der Waals surface area contributed by atoms with Gasteiger partial charge in [-0.3, -0.25) is 14.4 Å². The van der Waals surface area contributed by atoms with E-state index >= 15 is 0 Å². The first-order valence-electron chi connectivity index (χ1n) is 28.3. The van der Waals surface area contributed by atoms with Crippen molar-refractivity contribution in [3.63, 3.8) is 0 Å². The predicted molar refractivity (Wildman–Crippen MR) is 275 cm³/mol. The predicted octanol–water partition coefficient (Wildman–Crippen LogP) is 18.7. The number of hydrogen-bond donors (Lipinski definition) is 0. The van der Waals surface area contributed by atoms with Crippen LogP contribution in [0.4, 0.5) is 0 Å². The topological polar surface area (TPSA) is 78.9 Å². The van der Waals surface area contributed by atoms with Gasteiger partial charge in [-0.2, -0.15) is 0 Å². The third-order valence-corrected chi connectivity index (χ3v) is 12.7. The quantitative estimate of drug-likeness (QED) is 0.0262. The summed E-state index contributed by atoms with van der Waals surface area (Å²) in [5.41, 5.74) is 0. The standard InChI is InChI=1S/C58H108O6/c1-4-7-10-13-16-19-22-25-27-28-29-30-32-33-36-39-42-45-48-51-57(60)63-54-55(53-62-56(59)50-47-44-41-38-35-24-21-18-15-12-9-6-3)64-58(61)52-49-46-43-40-37-34-31-26-23-20-17-14-11-8-5-2/h18,20-21,23,55H,4-17,19,22,24-54H2,1-3H3/b21-18-,23-20-. The van der Waals surface area contributed by atoms with Crippen LogP contribution >= 0.6 is 0 Å². The zero-order valence-electron chi connectivity index (χ0n) is 43.1. The molecule has 0 aromatic carbocycles. The van der Waals surface area contributed by atoms with E-state index in [2.05, 4.69) is 45.1 Å². The first-order chi connectivity index (χ1) is 31.5. The van der Waals surface area contributed by atoms with E-state index in [4.69, 9.17) is 14.2 Å². The molecule has 1 unspecified atom stereocenters. The average Bonchev–Trinajstić information content (AvgIpc) is 3.29. The van der Waals surface area contributed by atoms with E-state index in [9.17, 15) is 14.4 Å². The Morgan fingerprint density at radius 3 is 0.828 bits per heavy atom. The Hall–Kier alpha value is -2.11. The lowest BCUT2D eigenvalue weighted by Gasteiger charge is -2.18. The molecule has 0 amide bonds. The molecule has 64 heavy (non-hydrogen) atoms. The highest BCUT2D eigenvalue weighted by Crippen LogP contribution is 2.17. The summed E-state index contributed by atoms with van der Waals surface area (Å²) in [5.74, 6) is -0.868. The van der Waals surface area contributed by atoms with E-state index < -0.39 is 6.10 Å². The van der Waals surface area contributed by atoms with Crippen LogP contribution in [-0.2, 0) is 28.6 Å². The summed E-state index contributed by atoms with van der Waals surface area (Å²) < 4.78 is 16.8. The summed E-state index contributed by atoms with van der Waals surface area (Å²) in [6.45, 7) is 6.64. The molecule has 0 aliphatic carbocycles. The normalized spacial score (nSPS) is 12.1. The van der Waals surface area contributed by atoms with E-state index in [0.717, 1.165) is 64.2 Å². The van der Waals surface area contributed by atoms with Gasteiger partial charge >= 0.3 is 17.9 Å². The number of esters is 3. The fraction of sp³-hybridized carbons (Fsp3) is 0.879. The molecular weight excluding hydrogens is 793 g/mol. The molecule has 0 aliphatic heterocycles. The zero-order chi connectivity index (χ0) is 46.5. The maximum atomic E-state index is 12.8. The third kappa shape index (κ3) is 50.9. The lowest BCUT2D eigenvalue weighted by Crippen LogP contribution is -2.30. The molecule has 0 saturated carbocycles. The van der Waals surface area contributed by atoms with Gasteiger partial charge in [0.2, 0.25) is 0 Å². The Labute approximate surface area is 398 Å². The van der Waals surface area contributed by atoms with Crippen molar-refractivity contribution in [3.05, 3.63) is 24.3 Å². The van der Waals surface area contributed by atoms with Crippen LogP contribution in [0.5, 0.6) is 0 Å². The molecule has 0 fully saturated rings. The molecule has 0 saturated heterocycles. The number of hydrogen-bond acceptors (Lipinski definition) is 6. The Balaban J connectivity index is 4.30. The first kappa shape index (κ1) is 61.9. The number of ether oxygens (including phenoxy) is 3. The van der Waals surface area contributed by atoms with Crippen LogP contribution in [0.15, 0.2) is 24.3 Å². The highest BCUT2D eigenvalue weighted by atomic mass is 16.6. The summed E-state index contributed by atoms with van der Waals surface area (Å²) >= 11 is 0. The van der Waals surface area contributed by atoms with Gasteiger partial charge in [-0.1, -0.05) is 244 Å². The maximum absolute atomic E-state index is 12.8. The van der Waals surface area contributed by atoms with Gasteiger partial charge in [-0.05, 0) is 70.6 Å². The molecule has 0 spiro atoms. The second-order valence-electron chi connectivity index (χ2n) is 19.2. The lowest BCUT2D eigenvalue weighted by molar-refractivity contribution is -0.167. The Morgan fingerprint density at radius 2 is 0.516 bits per heavy atom. The van der Waals surface area contributed by atoms with Crippen LogP contribution in [0.3, 0.4) is 0 Å². The van der Waals surface area contributed by atoms with E-state index in [1.807, 2.05) is 0 Å². The van der Waals surface area contributed by atoms with Gasteiger partial charge in [-0.15, -0.1) is 0 Å². The number of unbranched alkanes of at least 4 members (excludes halogenated alkanes) is 37. The molecular formula is C58H108O6. The van der Waals surface area contributed by atoms with Gasteiger partial charge < -0.3 is 14.2 Å². The first-order valence-corrected chi connectivity index (χ1v) is 28.3. The van der Waals surface area contributed by atoms with Crippen molar-refractivity contribution in [3.8, 4) is 0 Å². The summed E-state index contributed by atoms with van der Waals surface area (Å²) in [6.07, 6.45) is 61.7. The molecule has 0 heterocycles. The van der Waals surface area contributed by atoms with Crippen molar-refractivity contribution in [2.75, 3.05) is 13.2 Å². The van der Waals surface area contributed by atoms with Crippen molar-refractivity contribution < 1.29 is 28.6 Å². The van der Waals surface area contributed by atoms with E-state index in [-0.39, 0.29) is 31.1 Å². The van der Waals surface area contributed by atoms with Crippen LogP contribution in [0, 0.1) is 0 Å². The van der Waals surface area contributed by atoms with Crippen LogP contribution < -0.4 is 0 Å². The monoisotopic (exact) mass is 901 g/mol. The Bertz CT molecular complexity index is 1040. The molecule has 0 aromatic heterocycles. The second-order valence-corrected chi connectivity index (χ2v) is 19.2. The molecule has 1 atom stereocenters. The summed E-state index contributed by atoms with van der Waals surface area (Å²) in [5, 5.41) is 0. The number of allylic oxidation sites excluding steroid dienone is 4. The summed E-state index contributed by atoms with van der Waals surface area (Å²) in [6, 6.07) is 0. The average molecular weight is 901 g/mol. The van der Waals surface area contributed by atoms with Gasteiger partial charge in [0.05, 0.1) is 0 Å². The van der Waals surface area contributed by atoms with Crippen molar-refractivity contribution in [1.29, 1.82) is 0 Å². The van der Waals surface area contributed by atoms with Crippen molar-refractivity contribution in [2.45, 2.75) is 316 Å². The van der Waals surface area contributed by atoms with Crippen LogP contribution in [-0.4, -0.2) is 37.2 Å². The van der Waals surface area contributed by atoms with Gasteiger partial charge in [0.25, 0.3) is 0 Å². The zero-order valence-corrected chi connectivity index (χ0v) is 43.1. The SMILES string of the molecule is CCCCC/C=C\CCCCCCCC(=O)OCC(COC(=O)CCCCCCCCCCCCCCCCCCCCC)OC(=O)CCCCCCCCC/C=C\CCCCCC. The van der Waals surface area contributed by atoms with Crippen LogP contribution in [0.1, 0.15) is 310 Å². The minimum Gasteiger partial charge on any atom is -0.462 e. The minimum atomic E-state index is -0.772. The second kappa shape index (κ2) is 53.5. The number of carbonyl (C=O) groups excluding carboxylic acids is 3. The molecule has 0 N–H and O–H groups in total. The molecule has 6 heteroatoms. The highest BCUT2D eigenvalue weighted by molar-refractivity contribution is 5.71. The smallest absolute Gasteiger partial charge is 0.306 e. The molecule has 0 bridgehead atoms. The molecule has 376 valence electrons. The number of rotatable bonds is 52. The fourth-order valence-corrected chi connectivity index (χ4v) is 8.37. The fourth-order valence-electron chi connectivity index (χ4n) is 8.37. The Morgan fingerprint density at radius 1 is 0.297 bits per heavy atom. The molecule has 0 aromatic rings. The van der Waals surface area contributed by atoms with Crippen molar-refractivity contribution in [1.82, 2.24) is 0 Å².